The molecule has 2 unspecified atom stereocenters. The number of nitrogens with zero attached hydrogens (tertiary/aromatic N) is 3. The van der Waals surface area contributed by atoms with Crippen molar-refractivity contribution in [1.82, 2.24) is 14.7 Å². The standard InChI is InChI=1S/C13H20N4O2/c1-16-12(9(14)8-15-16)13(18)17-6-7-19-11-5-3-2-4-10(11)17/h8,10-11H,2-7,14H2,1H3. The lowest BCUT2D eigenvalue weighted by Crippen LogP contribution is -2.55. The summed E-state index contributed by atoms with van der Waals surface area (Å²) in [6.07, 6.45) is 6.16. The number of aryl methyl sites for hydroxylation is 1. The number of nitrogens with two attached hydrogens (primary N) is 1. The summed E-state index contributed by atoms with van der Waals surface area (Å²) in [6, 6.07) is 0.198. The molecule has 6 heteroatoms. The molecular formula is C13H20N4O2. The predicted molar refractivity (Wildman–Crippen MR) is 70.7 cm³/mol. The third-order valence-electron chi connectivity index (χ3n) is 4.16. The Kier molecular flexibility index (Phi) is 3.18. The molecule has 1 aromatic rings. The summed E-state index contributed by atoms with van der Waals surface area (Å²) in [7, 11) is 1.75. The number of amides is 1. The van der Waals surface area contributed by atoms with Crippen molar-refractivity contribution in [3.63, 3.8) is 0 Å². The Labute approximate surface area is 112 Å². The van der Waals surface area contributed by atoms with Gasteiger partial charge in [-0.2, -0.15) is 5.10 Å². The van der Waals surface area contributed by atoms with E-state index >= 15 is 0 Å². The van der Waals surface area contributed by atoms with Crippen LogP contribution in [-0.2, 0) is 11.8 Å². The van der Waals surface area contributed by atoms with E-state index < -0.39 is 0 Å². The van der Waals surface area contributed by atoms with Crippen molar-refractivity contribution in [2.24, 2.45) is 7.05 Å². The molecule has 2 aliphatic rings. The lowest BCUT2D eigenvalue weighted by atomic mass is 9.90. The Morgan fingerprint density at radius 2 is 2.26 bits per heavy atom. The number of nitrogen functional groups attached to an aromatic ring is 1. The third-order valence-corrected chi connectivity index (χ3v) is 4.16. The SMILES string of the molecule is Cn1ncc(N)c1C(=O)N1CCOC2CCCCC21. The summed E-state index contributed by atoms with van der Waals surface area (Å²) < 4.78 is 7.35. The first-order valence-electron chi connectivity index (χ1n) is 6.88. The number of fused-ring (bicyclic) bond motifs is 1. The molecule has 1 saturated carbocycles. The number of ether oxygens (including phenoxy) is 1. The zero-order chi connectivity index (χ0) is 13.4. The smallest absolute Gasteiger partial charge is 0.274 e. The van der Waals surface area contributed by atoms with Gasteiger partial charge in [0.1, 0.15) is 5.69 Å². The van der Waals surface area contributed by atoms with Gasteiger partial charge in [0.05, 0.1) is 30.6 Å². The van der Waals surface area contributed by atoms with Crippen LogP contribution in [0.2, 0.25) is 0 Å². The number of carbonyl (C=O) groups is 1. The topological polar surface area (TPSA) is 73.4 Å². The molecule has 0 radical (unpaired) electrons. The first-order valence-corrected chi connectivity index (χ1v) is 6.88. The highest BCUT2D eigenvalue weighted by Crippen LogP contribution is 2.30. The second kappa shape index (κ2) is 4.85. The molecule has 1 amide bonds. The fourth-order valence-electron chi connectivity index (χ4n) is 3.20. The monoisotopic (exact) mass is 264 g/mol. The number of carbonyl (C=O) groups excluding carboxylic acids is 1. The van der Waals surface area contributed by atoms with E-state index in [0.717, 1.165) is 19.3 Å². The number of rotatable bonds is 1. The van der Waals surface area contributed by atoms with E-state index in [9.17, 15) is 4.79 Å². The Hall–Kier alpha value is -1.56. The van der Waals surface area contributed by atoms with E-state index in [4.69, 9.17) is 10.5 Å². The zero-order valence-electron chi connectivity index (χ0n) is 11.2. The minimum atomic E-state index is -0.0160. The lowest BCUT2D eigenvalue weighted by Gasteiger charge is -2.43. The van der Waals surface area contributed by atoms with Crippen LogP contribution in [0, 0.1) is 0 Å². The molecule has 1 aliphatic carbocycles. The molecule has 2 N–H and O–H groups in total. The van der Waals surface area contributed by atoms with Crippen LogP contribution in [0.4, 0.5) is 5.69 Å². The Morgan fingerprint density at radius 3 is 3.00 bits per heavy atom. The van der Waals surface area contributed by atoms with Crippen LogP contribution < -0.4 is 5.73 Å². The van der Waals surface area contributed by atoms with Gasteiger partial charge >= 0.3 is 0 Å². The average Bonchev–Trinajstić information content (AvgIpc) is 2.77. The molecule has 19 heavy (non-hydrogen) atoms. The quantitative estimate of drug-likeness (QED) is 0.813. The fraction of sp³-hybridized carbons (Fsp3) is 0.692. The van der Waals surface area contributed by atoms with Crippen molar-refractivity contribution in [2.75, 3.05) is 18.9 Å². The van der Waals surface area contributed by atoms with E-state index in [0.29, 0.717) is 24.5 Å². The normalized spacial score (nSPS) is 27.1. The first-order chi connectivity index (χ1) is 9.18. The van der Waals surface area contributed by atoms with Crippen LogP contribution in [-0.4, -0.2) is 45.9 Å². The third kappa shape index (κ3) is 2.10. The summed E-state index contributed by atoms with van der Waals surface area (Å²) in [6.45, 7) is 1.26. The maximum absolute atomic E-state index is 12.7. The van der Waals surface area contributed by atoms with Crippen molar-refractivity contribution in [1.29, 1.82) is 0 Å². The van der Waals surface area contributed by atoms with Gasteiger partial charge in [-0.05, 0) is 12.8 Å². The van der Waals surface area contributed by atoms with Crippen LogP contribution in [0.5, 0.6) is 0 Å². The van der Waals surface area contributed by atoms with Gasteiger partial charge in [-0.3, -0.25) is 9.48 Å². The second-order valence-electron chi connectivity index (χ2n) is 5.33. The van der Waals surface area contributed by atoms with Crippen LogP contribution in [0.3, 0.4) is 0 Å². The van der Waals surface area contributed by atoms with Gasteiger partial charge in [-0.15, -0.1) is 0 Å². The molecule has 0 bridgehead atoms. The molecule has 1 saturated heterocycles. The summed E-state index contributed by atoms with van der Waals surface area (Å²) in [5.41, 5.74) is 6.80. The maximum Gasteiger partial charge on any atom is 0.274 e. The van der Waals surface area contributed by atoms with Crippen LogP contribution in [0.15, 0.2) is 6.20 Å². The van der Waals surface area contributed by atoms with Crippen molar-refractivity contribution in [3.8, 4) is 0 Å². The Bertz CT molecular complexity index is 463. The van der Waals surface area contributed by atoms with Gasteiger partial charge in [0.25, 0.3) is 5.91 Å². The van der Waals surface area contributed by atoms with Crippen molar-refractivity contribution >= 4 is 11.6 Å². The largest absolute Gasteiger partial charge is 0.396 e. The van der Waals surface area contributed by atoms with Gasteiger partial charge in [-0.25, -0.2) is 0 Å². The Balaban J connectivity index is 1.86. The molecule has 3 rings (SSSR count). The van der Waals surface area contributed by atoms with Gasteiger partial charge in [0.2, 0.25) is 0 Å². The van der Waals surface area contributed by atoms with E-state index in [1.807, 2.05) is 4.90 Å². The summed E-state index contributed by atoms with van der Waals surface area (Å²) >= 11 is 0. The van der Waals surface area contributed by atoms with E-state index in [1.54, 1.807) is 11.7 Å². The highest BCUT2D eigenvalue weighted by molar-refractivity contribution is 5.97. The minimum Gasteiger partial charge on any atom is -0.396 e. The molecule has 0 aromatic carbocycles. The van der Waals surface area contributed by atoms with Gasteiger partial charge < -0.3 is 15.4 Å². The van der Waals surface area contributed by atoms with Gasteiger partial charge in [0.15, 0.2) is 0 Å². The molecule has 104 valence electrons. The number of aromatic nitrogens is 2. The predicted octanol–water partition coefficient (Wildman–Crippen LogP) is 0.786. The summed E-state index contributed by atoms with van der Waals surface area (Å²) in [5.74, 6) is -0.0160. The lowest BCUT2D eigenvalue weighted by molar-refractivity contribution is -0.0755. The Morgan fingerprint density at radius 1 is 1.47 bits per heavy atom. The zero-order valence-corrected chi connectivity index (χ0v) is 11.2. The molecule has 2 atom stereocenters. The molecule has 2 heterocycles. The van der Waals surface area contributed by atoms with Crippen molar-refractivity contribution in [2.45, 2.75) is 37.8 Å². The molecular weight excluding hydrogens is 244 g/mol. The van der Waals surface area contributed by atoms with Crippen LogP contribution in [0.25, 0.3) is 0 Å². The summed E-state index contributed by atoms with van der Waals surface area (Å²) in [5, 5.41) is 4.05. The number of hydrogen-bond donors (Lipinski definition) is 1. The summed E-state index contributed by atoms with van der Waals surface area (Å²) in [4.78, 5) is 14.6. The van der Waals surface area contributed by atoms with E-state index in [1.165, 1.54) is 12.6 Å². The van der Waals surface area contributed by atoms with Crippen molar-refractivity contribution < 1.29 is 9.53 Å². The minimum absolute atomic E-state index is 0.0160. The van der Waals surface area contributed by atoms with Crippen LogP contribution >= 0.6 is 0 Å². The van der Waals surface area contributed by atoms with Gasteiger partial charge in [-0.1, -0.05) is 12.8 Å². The van der Waals surface area contributed by atoms with E-state index in [-0.39, 0.29) is 18.1 Å². The number of anilines is 1. The highest BCUT2D eigenvalue weighted by atomic mass is 16.5. The highest BCUT2D eigenvalue weighted by Gasteiger charge is 2.38. The first kappa shape index (κ1) is 12.5. The molecule has 6 nitrogen and oxygen atoms in total. The van der Waals surface area contributed by atoms with Gasteiger partial charge in [0, 0.05) is 13.6 Å². The second-order valence-corrected chi connectivity index (χ2v) is 5.33. The molecule has 2 fully saturated rings. The van der Waals surface area contributed by atoms with Crippen molar-refractivity contribution in [3.05, 3.63) is 11.9 Å². The molecule has 1 aliphatic heterocycles. The maximum atomic E-state index is 12.7. The number of morpholine rings is 1. The average molecular weight is 264 g/mol. The number of hydrogen-bond acceptors (Lipinski definition) is 4. The van der Waals surface area contributed by atoms with Crippen LogP contribution in [0.1, 0.15) is 36.2 Å². The van der Waals surface area contributed by atoms with E-state index in [2.05, 4.69) is 5.10 Å². The molecule has 0 spiro atoms. The fourth-order valence-corrected chi connectivity index (χ4v) is 3.20. The molecule has 1 aromatic heterocycles.